The Balaban J connectivity index is 1.85. The van der Waals surface area contributed by atoms with Gasteiger partial charge in [-0.2, -0.15) is 0 Å². The second kappa shape index (κ2) is 7.24. The number of morpholine rings is 1. The van der Waals surface area contributed by atoms with Crippen LogP contribution in [0.25, 0.3) is 0 Å². The SMILES string of the molecule is C#CC(O)(c1ccc(F)cc1)c1ccc(N2CCOC(CO)C2)cc1. The fraction of sp³-hybridized carbons (Fsp3) is 0.300. The molecule has 0 aliphatic carbocycles. The highest BCUT2D eigenvalue weighted by molar-refractivity contribution is 5.52. The number of hydrogen-bond donors (Lipinski definition) is 2. The molecule has 1 aliphatic heterocycles. The summed E-state index contributed by atoms with van der Waals surface area (Å²) in [6.07, 6.45) is 5.38. The maximum atomic E-state index is 13.1. The van der Waals surface area contributed by atoms with E-state index in [1.54, 1.807) is 12.1 Å². The monoisotopic (exact) mass is 341 g/mol. The van der Waals surface area contributed by atoms with Crippen LogP contribution in [0.15, 0.2) is 48.5 Å². The van der Waals surface area contributed by atoms with E-state index in [0.29, 0.717) is 24.3 Å². The van der Waals surface area contributed by atoms with Gasteiger partial charge in [-0.05, 0) is 24.3 Å². The molecule has 25 heavy (non-hydrogen) atoms. The molecule has 1 heterocycles. The van der Waals surface area contributed by atoms with Crippen molar-refractivity contribution in [3.8, 4) is 12.3 Å². The third-order valence-corrected chi connectivity index (χ3v) is 4.46. The van der Waals surface area contributed by atoms with E-state index in [2.05, 4.69) is 10.8 Å². The molecule has 2 aromatic carbocycles. The number of nitrogens with zero attached hydrogens (tertiary/aromatic N) is 1. The molecule has 2 unspecified atom stereocenters. The molecule has 0 amide bonds. The largest absolute Gasteiger partial charge is 0.394 e. The van der Waals surface area contributed by atoms with Crippen molar-refractivity contribution in [2.24, 2.45) is 0 Å². The summed E-state index contributed by atoms with van der Waals surface area (Å²) in [6.45, 7) is 1.87. The highest BCUT2D eigenvalue weighted by atomic mass is 19.1. The molecule has 0 radical (unpaired) electrons. The molecule has 2 atom stereocenters. The van der Waals surface area contributed by atoms with E-state index in [0.717, 1.165) is 12.2 Å². The van der Waals surface area contributed by atoms with Gasteiger partial charge in [-0.15, -0.1) is 6.42 Å². The Kier molecular flexibility index (Phi) is 5.05. The van der Waals surface area contributed by atoms with Gasteiger partial charge in [0.15, 0.2) is 5.60 Å². The molecule has 5 heteroatoms. The normalized spacial score (nSPS) is 19.9. The summed E-state index contributed by atoms with van der Waals surface area (Å²) >= 11 is 0. The number of benzene rings is 2. The molecule has 0 aromatic heterocycles. The van der Waals surface area contributed by atoms with Gasteiger partial charge >= 0.3 is 0 Å². The Morgan fingerprint density at radius 2 is 1.76 bits per heavy atom. The summed E-state index contributed by atoms with van der Waals surface area (Å²) in [4.78, 5) is 2.11. The summed E-state index contributed by atoms with van der Waals surface area (Å²) in [5.74, 6) is 2.03. The van der Waals surface area contributed by atoms with Gasteiger partial charge in [0.05, 0.1) is 19.3 Å². The minimum Gasteiger partial charge on any atom is -0.394 e. The molecular formula is C20H20FNO3. The van der Waals surface area contributed by atoms with Crippen molar-refractivity contribution in [1.29, 1.82) is 0 Å². The Labute approximate surface area is 146 Å². The van der Waals surface area contributed by atoms with Crippen molar-refractivity contribution in [2.75, 3.05) is 31.2 Å². The summed E-state index contributed by atoms with van der Waals surface area (Å²) in [6, 6.07) is 12.8. The van der Waals surface area contributed by atoms with Crippen molar-refractivity contribution in [3.63, 3.8) is 0 Å². The Hall–Kier alpha value is -2.39. The molecule has 4 nitrogen and oxygen atoms in total. The fourth-order valence-electron chi connectivity index (χ4n) is 3.00. The van der Waals surface area contributed by atoms with Crippen molar-refractivity contribution >= 4 is 5.69 Å². The number of anilines is 1. The molecule has 0 saturated carbocycles. The second-order valence-electron chi connectivity index (χ2n) is 6.03. The average Bonchev–Trinajstić information content (AvgIpc) is 2.68. The van der Waals surface area contributed by atoms with Crippen LogP contribution in [0.2, 0.25) is 0 Å². The van der Waals surface area contributed by atoms with E-state index in [1.807, 2.05) is 12.1 Å². The summed E-state index contributed by atoms with van der Waals surface area (Å²) in [5.41, 5.74) is 0.322. The van der Waals surface area contributed by atoms with Gasteiger partial charge in [-0.25, -0.2) is 4.39 Å². The lowest BCUT2D eigenvalue weighted by molar-refractivity contribution is 0.00356. The van der Waals surface area contributed by atoms with E-state index >= 15 is 0 Å². The van der Waals surface area contributed by atoms with Crippen molar-refractivity contribution in [1.82, 2.24) is 0 Å². The number of ether oxygens (including phenoxy) is 1. The van der Waals surface area contributed by atoms with Crippen LogP contribution in [0.5, 0.6) is 0 Å². The lowest BCUT2D eigenvalue weighted by Gasteiger charge is -2.34. The van der Waals surface area contributed by atoms with Crippen LogP contribution < -0.4 is 4.90 Å². The first-order valence-electron chi connectivity index (χ1n) is 8.11. The van der Waals surface area contributed by atoms with Gasteiger partial charge < -0.3 is 19.8 Å². The zero-order valence-corrected chi connectivity index (χ0v) is 13.7. The Morgan fingerprint density at radius 3 is 2.32 bits per heavy atom. The van der Waals surface area contributed by atoms with Crippen molar-refractivity contribution in [2.45, 2.75) is 11.7 Å². The van der Waals surface area contributed by atoms with E-state index in [9.17, 15) is 14.6 Å². The smallest absolute Gasteiger partial charge is 0.176 e. The van der Waals surface area contributed by atoms with Crippen LogP contribution in [0.3, 0.4) is 0 Å². The van der Waals surface area contributed by atoms with Crippen molar-refractivity contribution in [3.05, 3.63) is 65.5 Å². The molecular weight excluding hydrogens is 321 g/mol. The van der Waals surface area contributed by atoms with Crippen molar-refractivity contribution < 1.29 is 19.3 Å². The van der Waals surface area contributed by atoms with Crippen LogP contribution in [-0.2, 0) is 10.3 Å². The topological polar surface area (TPSA) is 52.9 Å². The molecule has 2 aromatic rings. The van der Waals surface area contributed by atoms with Gasteiger partial charge in [-0.3, -0.25) is 0 Å². The van der Waals surface area contributed by atoms with Crippen LogP contribution in [-0.4, -0.2) is 42.6 Å². The van der Waals surface area contributed by atoms with E-state index in [1.165, 1.54) is 24.3 Å². The van der Waals surface area contributed by atoms with Gasteiger partial charge in [-0.1, -0.05) is 30.2 Å². The van der Waals surface area contributed by atoms with Crippen LogP contribution in [0, 0.1) is 18.2 Å². The highest BCUT2D eigenvalue weighted by Gasteiger charge is 2.29. The zero-order chi connectivity index (χ0) is 17.9. The summed E-state index contributed by atoms with van der Waals surface area (Å²) < 4.78 is 18.6. The van der Waals surface area contributed by atoms with Gasteiger partial charge in [0, 0.05) is 29.9 Å². The predicted octanol–water partition coefficient (Wildman–Crippen LogP) is 1.89. The Bertz CT molecular complexity index is 754. The molecule has 1 saturated heterocycles. The maximum Gasteiger partial charge on any atom is 0.176 e. The van der Waals surface area contributed by atoms with Gasteiger partial charge in [0.25, 0.3) is 0 Å². The second-order valence-corrected chi connectivity index (χ2v) is 6.03. The molecule has 2 N–H and O–H groups in total. The third-order valence-electron chi connectivity index (χ3n) is 4.46. The number of terminal acetylenes is 1. The molecule has 0 spiro atoms. The van der Waals surface area contributed by atoms with Crippen LogP contribution in [0.4, 0.5) is 10.1 Å². The van der Waals surface area contributed by atoms with E-state index in [4.69, 9.17) is 11.2 Å². The quantitative estimate of drug-likeness (QED) is 0.834. The number of hydrogen-bond acceptors (Lipinski definition) is 4. The number of halogens is 1. The number of aliphatic hydroxyl groups is 2. The maximum absolute atomic E-state index is 13.1. The number of rotatable bonds is 4. The third kappa shape index (κ3) is 3.52. The predicted molar refractivity (Wildman–Crippen MR) is 93.7 cm³/mol. The summed E-state index contributed by atoms with van der Waals surface area (Å²) in [7, 11) is 0. The lowest BCUT2D eigenvalue weighted by atomic mass is 9.87. The first-order chi connectivity index (χ1) is 12.1. The van der Waals surface area contributed by atoms with Gasteiger partial charge in [0.2, 0.25) is 0 Å². The highest BCUT2D eigenvalue weighted by Crippen LogP contribution is 2.31. The first kappa shape index (κ1) is 17.4. The molecule has 3 rings (SSSR count). The van der Waals surface area contributed by atoms with Gasteiger partial charge in [0.1, 0.15) is 5.82 Å². The van der Waals surface area contributed by atoms with Crippen LogP contribution in [0.1, 0.15) is 11.1 Å². The lowest BCUT2D eigenvalue weighted by Crippen LogP contribution is -2.44. The minimum absolute atomic E-state index is 0.0179. The molecule has 1 fully saturated rings. The summed E-state index contributed by atoms with van der Waals surface area (Å²) in [5, 5.41) is 20.2. The fourth-order valence-corrected chi connectivity index (χ4v) is 3.00. The minimum atomic E-state index is -1.62. The Morgan fingerprint density at radius 1 is 1.16 bits per heavy atom. The molecule has 1 aliphatic rings. The average molecular weight is 341 g/mol. The molecule has 0 bridgehead atoms. The van der Waals surface area contributed by atoms with Crippen LogP contribution >= 0.6 is 0 Å². The van der Waals surface area contributed by atoms with E-state index in [-0.39, 0.29) is 18.5 Å². The number of aliphatic hydroxyl groups excluding tert-OH is 1. The van der Waals surface area contributed by atoms with E-state index < -0.39 is 5.60 Å². The molecule has 130 valence electrons. The zero-order valence-electron chi connectivity index (χ0n) is 13.7. The first-order valence-corrected chi connectivity index (χ1v) is 8.11. The standard InChI is InChI=1S/C20H20FNO3/c1-2-20(24,15-3-7-17(21)8-4-15)16-5-9-18(10-6-16)22-11-12-25-19(13-22)14-23/h1,3-10,19,23-24H,11-14H2.